The number of likely N-dealkylation sites (tertiary alicyclic amines) is 1. The first-order valence-corrected chi connectivity index (χ1v) is 9.15. The lowest BCUT2D eigenvalue weighted by atomic mass is 9.90. The Morgan fingerprint density at radius 3 is 2.65 bits per heavy atom. The van der Waals surface area contributed by atoms with E-state index in [1.807, 2.05) is 34.6 Å². The number of aliphatic hydroxyl groups excluding tert-OH is 1. The van der Waals surface area contributed by atoms with Gasteiger partial charge in [0, 0.05) is 17.5 Å². The molecule has 1 aliphatic heterocycles. The first kappa shape index (κ1) is 20.5. The Bertz CT molecular complexity index is 653. The molecule has 0 radical (unpaired) electrons. The number of hydrogen-bond donors (Lipinski definition) is 2. The van der Waals surface area contributed by atoms with Crippen molar-refractivity contribution in [2.75, 3.05) is 19.7 Å². The molecule has 8 heteroatoms. The maximum atomic E-state index is 12.8. The van der Waals surface area contributed by atoms with E-state index < -0.39 is 11.6 Å². The van der Waals surface area contributed by atoms with Crippen molar-refractivity contribution in [2.24, 2.45) is 0 Å². The van der Waals surface area contributed by atoms with Crippen LogP contribution in [0.1, 0.15) is 70.4 Å². The van der Waals surface area contributed by atoms with Crippen molar-refractivity contribution in [2.45, 2.75) is 70.9 Å². The minimum absolute atomic E-state index is 0.0369. The molecule has 1 aromatic heterocycles. The number of amides is 1. The minimum atomic E-state index is -0.559. The average Bonchev–Trinajstić information content (AvgIpc) is 3.28. The highest BCUT2D eigenvalue weighted by Gasteiger charge is 2.37. The molecule has 0 saturated carbocycles. The topological polar surface area (TPSA) is 109 Å². The second-order valence-corrected chi connectivity index (χ2v) is 8.17. The molecule has 146 valence electrons. The zero-order chi connectivity index (χ0) is 19.5. The first-order chi connectivity index (χ1) is 12.1. The molecule has 0 aromatic carbocycles. The van der Waals surface area contributed by atoms with Crippen molar-refractivity contribution < 1.29 is 19.2 Å². The zero-order valence-electron chi connectivity index (χ0n) is 16.3. The fourth-order valence-corrected chi connectivity index (χ4v) is 2.71. The molecule has 0 bridgehead atoms. The van der Waals surface area contributed by atoms with Crippen molar-refractivity contribution in [3.05, 3.63) is 11.7 Å². The molecular weight excluding hydrogens is 336 g/mol. The van der Waals surface area contributed by atoms with E-state index >= 15 is 0 Å². The van der Waals surface area contributed by atoms with Gasteiger partial charge in [0.1, 0.15) is 0 Å². The summed E-state index contributed by atoms with van der Waals surface area (Å²) in [5.74, 6) is 0.0274. The quantitative estimate of drug-likeness (QED) is 0.667. The Labute approximate surface area is 154 Å². The van der Waals surface area contributed by atoms with Crippen molar-refractivity contribution in [3.63, 3.8) is 0 Å². The fourth-order valence-electron chi connectivity index (χ4n) is 2.71. The number of nitrogens with zero attached hydrogens (tertiary/aromatic N) is 3. The van der Waals surface area contributed by atoms with E-state index in [2.05, 4.69) is 15.5 Å². The maximum absolute atomic E-state index is 12.8. The highest BCUT2D eigenvalue weighted by molar-refractivity contribution is 5.99. The largest absolute Gasteiger partial charge is 0.394 e. The molecular formula is C18H30N4O4. The molecule has 1 aliphatic rings. The lowest BCUT2D eigenvalue weighted by molar-refractivity contribution is -0.130. The van der Waals surface area contributed by atoms with Gasteiger partial charge in [-0.2, -0.15) is 4.98 Å². The molecule has 26 heavy (non-hydrogen) atoms. The van der Waals surface area contributed by atoms with Gasteiger partial charge in [-0.25, -0.2) is 0 Å². The number of Topliss-reactive ketones (excluding diaryl/α,β-unsaturated/α-hetero) is 1. The number of carbonyl (C=O) groups excluding carboxylic acids is 2. The van der Waals surface area contributed by atoms with E-state index in [0.717, 1.165) is 12.8 Å². The Morgan fingerprint density at radius 1 is 1.35 bits per heavy atom. The summed E-state index contributed by atoms with van der Waals surface area (Å²) in [5, 5.41) is 16.1. The summed E-state index contributed by atoms with van der Waals surface area (Å²) in [6.07, 6.45) is 2.16. The monoisotopic (exact) mass is 366 g/mol. The van der Waals surface area contributed by atoms with Gasteiger partial charge in [-0.1, -0.05) is 25.9 Å². The second-order valence-electron chi connectivity index (χ2n) is 8.17. The summed E-state index contributed by atoms with van der Waals surface area (Å²) in [6.45, 7) is 10.1. The summed E-state index contributed by atoms with van der Waals surface area (Å²) in [5.41, 5.74) is -0.848. The Kier molecular flexibility index (Phi) is 6.18. The molecule has 1 unspecified atom stereocenters. The Morgan fingerprint density at radius 2 is 2.04 bits per heavy atom. The summed E-state index contributed by atoms with van der Waals surface area (Å²) in [7, 11) is 0. The molecule has 1 saturated heterocycles. The van der Waals surface area contributed by atoms with E-state index in [9.17, 15) is 14.7 Å². The van der Waals surface area contributed by atoms with Crippen LogP contribution in [-0.4, -0.2) is 63.1 Å². The van der Waals surface area contributed by atoms with Gasteiger partial charge in [0.15, 0.2) is 0 Å². The fraction of sp³-hybridized carbons (Fsp3) is 0.778. The van der Waals surface area contributed by atoms with Crippen LogP contribution in [0.25, 0.3) is 0 Å². The highest BCUT2D eigenvalue weighted by Crippen LogP contribution is 2.26. The third-order valence-corrected chi connectivity index (χ3v) is 5.10. The molecule has 1 fully saturated rings. The van der Waals surface area contributed by atoms with Crippen molar-refractivity contribution in [3.8, 4) is 0 Å². The lowest BCUT2D eigenvalue weighted by Gasteiger charge is -2.27. The molecule has 2 rings (SSSR count). The van der Waals surface area contributed by atoms with Gasteiger partial charge in [-0.05, 0) is 33.1 Å². The van der Waals surface area contributed by atoms with Crippen molar-refractivity contribution >= 4 is 11.7 Å². The van der Waals surface area contributed by atoms with E-state index in [4.69, 9.17) is 4.52 Å². The Balaban J connectivity index is 2.07. The highest BCUT2D eigenvalue weighted by atomic mass is 16.5. The van der Waals surface area contributed by atoms with E-state index in [1.165, 1.54) is 0 Å². The summed E-state index contributed by atoms with van der Waals surface area (Å²) >= 11 is 0. The van der Waals surface area contributed by atoms with E-state index in [-0.39, 0.29) is 36.1 Å². The van der Waals surface area contributed by atoms with Crippen LogP contribution < -0.4 is 5.32 Å². The van der Waals surface area contributed by atoms with Crippen molar-refractivity contribution in [1.82, 2.24) is 20.4 Å². The molecule has 2 heterocycles. The number of carbonyl (C=O) groups is 2. The standard InChI is InChI=1S/C18H30N4O4/c1-6-17(2,3)16-20-15(21-26-16)14(25)12-8-7-9-22(12)13(24)10-19-18(4,5)11-23/h12,19,23H,6-11H2,1-5H3. The van der Waals surface area contributed by atoms with Gasteiger partial charge >= 0.3 is 0 Å². The third-order valence-electron chi connectivity index (χ3n) is 5.10. The molecule has 8 nitrogen and oxygen atoms in total. The number of rotatable bonds is 8. The second kappa shape index (κ2) is 7.84. The summed E-state index contributed by atoms with van der Waals surface area (Å²) < 4.78 is 5.28. The molecule has 1 aromatic rings. The Hall–Kier alpha value is -1.80. The van der Waals surface area contributed by atoms with Crippen molar-refractivity contribution in [1.29, 1.82) is 0 Å². The molecule has 1 atom stereocenters. The number of nitrogens with one attached hydrogen (secondary N) is 1. The number of aromatic nitrogens is 2. The van der Waals surface area contributed by atoms with Crippen LogP contribution in [0, 0.1) is 0 Å². The molecule has 1 amide bonds. The zero-order valence-corrected chi connectivity index (χ0v) is 16.3. The summed E-state index contributed by atoms with van der Waals surface area (Å²) in [4.78, 5) is 31.2. The predicted octanol–water partition coefficient (Wildman–Crippen LogP) is 1.29. The third kappa shape index (κ3) is 4.48. The van der Waals surface area contributed by atoms with Crippen LogP contribution in [-0.2, 0) is 10.2 Å². The average molecular weight is 366 g/mol. The van der Waals surface area contributed by atoms with Crippen LogP contribution in [0.3, 0.4) is 0 Å². The molecule has 0 spiro atoms. The van der Waals surface area contributed by atoms with Gasteiger partial charge in [0.2, 0.25) is 23.4 Å². The van der Waals surface area contributed by atoms with Crippen LogP contribution in [0.5, 0.6) is 0 Å². The first-order valence-electron chi connectivity index (χ1n) is 9.15. The van der Waals surface area contributed by atoms with E-state index in [0.29, 0.717) is 18.9 Å². The smallest absolute Gasteiger partial charge is 0.240 e. The molecule has 2 N–H and O–H groups in total. The normalized spacial score (nSPS) is 18.4. The minimum Gasteiger partial charge on any atom is -0.394 e. The lowest BCUT2D eigenvalue weighted by Crippen LogP contribution is -2.50. The van der Waals surface area contributed by atoms with Crippen LogP contribution in [0.2, 0.25) is 0 Å². The molecule has 0 aliphatic carbocycles. The summed E-state index contributed by atoms with van der Waals surface area (Å²) in [6, 6.07) is -0.559. The van der Waals surface area contributed by atoms with Crippen LogP contribution >= 0.6 is 0 Å². The van der Waals surface area contributed by atoms with Gasteiger partial charge < -0.3 is 19.8 Å². The van der Waals surface area contributed by atoms with Gasteiger partial charge in [-0.3, -0.25) is 9.59 Å². The van der Waals surface area contributed by atoms with Gasteiger partial charge in [0.25, 0.3) is 0 Å². The van der Waals surface area contributed by atoms with E-state index in [1.54, 1.807) is 4.90 Å². The number of hydrogen-bond acceptors (Lipinski definition) is 7. The maximum Gasteiger partial charge on any atom is 0.240 e. The van der Waals surface area contributed by atoms with Gasteiger partial charge in [0.05, 0.1) is 19.2 Å². The van der Waals surface area contributed by atoms with Crippen LogP contribution in [0.4, 0.5) is 0 Å². The number of aliphatic hydroxyl groups is 1. The van der Waals surface area contributed by atoms with Gasteiger partial charge in [-0.15, -0.1) is 0 Å². The predicted molar refractivity (Wildman–Crippen MR) is 95.8 cm³/mol. The SMILES string of the molecule is CCC(C)(C)c1nc(C(=O)C2CCCN2C(=O)CNC(C)(C)CO)no1. The number of ketones is 1. The van der Waals surface area contributed by atoms with Crippen LogP contribution in [0.15, 0.2) is 4.52 Å².